The number of nitrogens with zero attached hydrogens (tertiary/aromatic N) is 3. The van der Waals surface area contributed by atoms with Crippen molar-refractivity contribution < 1.29 is 18.7 Å². The van der Waals surface area contributed by atoms with Crippen LogP contribution < -0.4 is 5.32 Å². The molecule has 2 aromatic heterocycles. The summed E-state index contributed by atoms with van der Waals surface area (Å²) in [5.74, 6) is -0.253. The van der Waals surface area contributed by atoms with Crippen LogP contribution >= 0.6 is 11.3 Å². The summed E-state index contributed by atoms with van der Waals surface area (Å²) < 4.78 is 21.8. The Balaban J connectivity index is 1.18. The molecule has 35 heavy (non-hydrogen) atoms. The summed E-state index contributed by atoms with van der Waals surface area (Å²) in [4.78, 5) is 30.3. The number of likely N-dealkylation sites (tertiary alicyclic amines) is 1. The van der Waals surface area contributed by atoms with E-state index < -0.39 is 0 Å². The maximum Gasteiger partial charge on any atom is 0.270 e. The van der Waals surface area contributed by atoms with Gasteiger partial charge in [-0.2, -0.15) is 0 Å². The maximum atomic E-state index is 13.5. The van der Waals surface area contributed by atoms with Crippen LogP contribution in [0.3, 0.4) is 0 Å². The third-order valence-electron chi connectivity index (χ3n) is 6.98. The zero-order valence-corrected chi connectivity index (χ0v) is 20.6. The lowest BCUT2D eigenvalue weighted by atomic mass is 9.95. The number of halogens is 1. The fourth-order valence-corrected chi connectivity index (χ4v) is 5.73. The summed E-state index contributed by atoms with van der Waals surface area (Å²) in [7, 11) is 0. The highest BCUT2D eigenvalue weighted by Gasteiger charge is 2.29. The van der Waals surface area contributed by atoms with E-state index in [1.807, 2.05) is 27.0 Å². The second-order valence-corrected chi connectivity index (χ2v) is 10.2. The summed E-state index contributed by atoms with van der Waals surface area (Å²) in [6, 6.07) is 10.4. The molecule has 0 bridgehead atoms. The normalized spacial score (nSPS) is 17.7. The van der Waals surface area contributed by atoms with Crippen LogP contribution in [0.25, 0.3) is 10.2 Å². The molecule has 4 heterocycles. The average Bonchev–Trinajstić information content (AvgIpc) is 3.48. The van der Waals surface area contributed by atoms with Crippen LogP contribution in [0.5, 0.6) is 0 Å². The van der Waals surface area contributed by atoms with Gasteiger partial charge in [0.25, 0.3) is 5.91 Å². The molecule has 7 nitrogen and oxygen atoms in total. The summed E-state index contributed by atoms with van der Waals surface area (Å²) in [5, 5.41) is 5.09. The van der Waals surface area contributed by atoms with Crippen molar-refractivity contribution in [3.8, 4) is 0 Å². The number of nitrogens with one attached hydrogen (secondary N) is 1. The van der Waals surface area contributed by atoms with Gasteiger partial charge in [-0.1, -0.05) is 12.1 Å². The van der Waals surface area contributed by atoms with Crippen molar-refractivity contribution in [2.45, 2.75) is 19.4 Å². The Morgan fingerprint density at radius 3 is 2.54 bits per heavy atom. The molecule has 0 spiro atoms. The minimum Gasteiger partial charge on any atom is -0.379 e. The van der Waals surface area contributed by atoms with E-state index in [9.17, 15) is 14.0 Å². The zero-order chi connectivity index (χ0) is 24.2. The predicted molar refractivity (Wildman–Crippen MR) is 134 cm³/mol. The van der Waals surface area contributed by atoms with Gasteiger partial charge in [0.15, 0.2) is 0 Å². The van der Waals surface area contributed by atoms with Gasteiger partial charge in [0, 0.05) is 51.7 Å². The average molecular weight is 499 g/mol. The highest BCUT2D eigenvalue weighted by molar-refractivity contribution is 7.17. The van der Waals surface area contributed by atoms with Crippen molar-refractivity contribution in [1.29, 1.82) is 0 Å². The third-order valence-corrected chi connectivity index (χ3v) is 7.83. The number of ether oxygens (including phenoxy) is 1. The number of morpholine rings is 1. The van der Waals surface area contributed by atoms with Gasteiger partial charge in [0.1, 0.15) is 11.5 Å². The highest BCUT2D eigenvalue weighted by Crippen LogP contribution is 2.28. The fourth-order valence-electron chi connectivity index (χ4n) is 4.91. The number of fused-ring (bicyclic) bond motifs is 1. The summed E-state index contributed by atoms with van der Waals surface area (Å²) in [6.45, 7) is 6.46. The van der Waals surface area contributed by atoms with Crippen molar-refractivity contribution in [2.24, 2.45) is 5.92 Å². The smallest absolute Gasteiger partial charge is 0.270 e. The van der Waals surface area contributed by atoms with Crippen molar-refractivity contribution >= 4 is 33.4 Å². The molecule has 2 amide bonds. The summed E-state index contributed by atoms with van der Waals surface area (Å²) >= 11 is 1.61. The van der Waals surface area contributed by atoms with Crippen LogP contribution in [0.1, 0.15) is 28.9 Å². The molecular weight excluding hydrogens is 467 g/mol. The largest absolute Gasteiger partial charge is 0.379 e. The first-order chi connectivity index (χ1) is 17.1. The van der Waals surface area contributed by atoms with Gasteiger partial charge < -0.3 is 19.5 Å². The van der Waals surface area contributed by atoms with E-state index in [2.05, 4.69) is 10.2 Å². The lowest BCUT2D eigenvalue weighted by Gasteiger charge is -2.32. The molecule has 0 saturated carbocycles. The standard InChI is InChI=1S/C26H31FN4O3S/c27-21-3-1-19(2-4-21)18-31-22-7-16-35-24(22)17-23(31)26(33)30-9-5-20(6-10-30)25(32)28-8-11-29-12-14-34-15-13-29/h1-4,7,16-17,20H,5-6,8-15,18H2,(H,28,32). The number of carbonyl (C=O) groups excluding carboxylic acids is 2. The van der Waals surface area contributed by atoms with Crippen molar-refractivity contribution in [2.75, 3.05) is 52.5 Å². The molecule has 2 aliphatic rings. The second-order valence-electron chi connectivity index (χ2n) is 9.22. The topological polar surface area (TPSA) is 66.8 Å². The SMILES string of the molecule is O=C(NCCN1CCOCC1)C1CCN(C(=O)c2cc3sccc3n2Cc2ccc(F)cc2)CC1. The molecule has 1 N–H and O–H groups in total. The molecule has 0 aliphatic carbocycles. The minimum atomic E-state index is -0.272. The van der Waals surface area contributed by atoms with E-state index in [1.54, 1.807) is 23.5 Å². The van der Waals surface area contributed by atoms with Gasteiger partial charge in [0.2, 0.25) is 5.91 Å². The van der Waals surface area contributed by atoms with Gasteiger partial charge in [-0.25, -0.2) is 4.39 Å². The molecular formula is C26H31FN4O3S. The van der Waals surface area contributed by atoms with Gasteiger partial charge in [-0.15, -0.1) is 11.3 Å². The number of carbonyl (C=O) groups is 2. The number of piperidine rings is 1. The van der Waals surface area contributed by atoms with E-state index >= 15 is 0 Å². The number of amides is 2. The Morgan fingerprint density at radius 1 is 1.06 bits per heavy atom. The van der Waals surface area contributed by atoms with E-state index in [4.69, 9.17) is 4.74 Å². The quantitative estimate of drug-likeness (QED) is 0.544. The molecule has 0 radical (unpaired) electrons. The first kappa shape index (κ1) is 24.0. The third kappa shape index (κ3) is 5.58. The van der Waals surface area contributed by atoms with E-state index in [-0.39, 0.29) is 23.5 Å². The Hall–Kier alpha value is -2.75. The summed E-state index contributed by atoms with van der Waals surface area (Å²) in [5.41, 5.74) is 2.60. The maximum absolute atomic E-state index is 13.5. The number of hydrogen-bond acceptors (Lipinski definition) is 5. The van der Waals surface area contributed by atoms with Crippen LogP contribution in [0, 0.1) is 11.7 Å². The molecule has 3 aromatic rings. The molecule has 0 atom stereocenters. The van der Waals surface area contributed by atoms with Crippen LogP contribution in [-0.4, -0.2) is 78.7 Å². The van der Waals surface area contributed by atoms with E-state index in [1.165, 1.54) is 12.1 Å². The van der Waals surface area contributed by atoms with Crippen LogP contribution in [0.15, 0.2) is 41.8 Å². The Labute approximate surface area is 208 Å². The first-order valence-corrected chi connectivity index (χ1v) is 13.1. The fraction of sp³-hybridized carbons (Fsp3) is 0.462. The van der Waals surface area contributed by atoms with E-state index in [0.29, 0.717) is 44.7 Å². The number of rotatable bonds is 7. The number of thiophene rings is 1. The molecule has 186 valence electrons. The first-order valence-electron chi connectivity index (χ1n) is 12.3. The molecule has 5 rings (SSSR count). The molecule has 2 saturated heterocycles. The van der Waals surface area contributed by atoms with Gasteiger partial charge in [0.05, 0.1) is 23.4 Å². The molecule has 0 unspecified atom stereocenters. The monoisotopic (exact) mass is 498 g/mol. The highest BCUT2D eigenvalue weighted by atomic mass is 32.1. The van der Waals surface area contributed by atoms with Crippen molar-refractivity contribution in [3.05, 3.63) is 58.9 Å². The predicted octanol–water partition coefficient (Wildman–Crippen LogP) is 3.19. The van der Waals surface area contributed by atoms with Crippen molar-refractivity contribution in [1.82, 2.24) is 19.7 Å². The number of aromatic nitrogens is 1. The van der Waals surface area contributed by atoms with Crippen molar-refractivity contribution in [3.63, 3.8) is 0 Å². The molecule has 1 aromatic carbocycles. The van der Waals surface area contributed by atoms with Gasteiger partial charge in [-0.3, -0.25) is 14.5 Å². The summed E-state index contributed by atoms with van der Waals surface area (Å²) in [6.07, 6.45) is 1.34. The molecule has 2 fully saturated rings. The van der Waals surface area contributed by atoms with Crippen LogP contribution in [-0.2, 0) is 16.1 Å². The molecule has 2 aliphatic heterocycles. The Bertz CT molecular complexity index is 1160. The minimum absolute atomic E-state index is 0.0123. The van der Waals surface area contributed by atoms with Gasteiger partial charge >= 0.3 is 0 Å². The Kier molecular flexibility index (Phi) is 7.46. The van der Waals surface area contributed by atoms with E-state index in [0.717, 1.165) is 48.6 Å². The zero-order valence-electron chi connectivity index (χ0n) is 19.7. The van der Waals surface area contributed by atoms with Crippen LogP contribution in [0.4, 0.5) is 4.39 Å². The molecule has 9 heteroatoms. The number of benzene rings is 1. The second kappa shape index (κ2) is 10.9. The number of hydrogen-bond donors (Lipinski definition) is 1. The lowest BCUT2D eigenvalue weighted by molar-refractivity contribution is -0.126. The van der Waals surface area contributed by atoms with Crippen LogP contribution in [0.2, 0.25) is 0 Å². The lowest BCUT2D eigenvalue weighted by Crippen LogP contribution is -2.45. The van der Waals surface area contributed by atoms with Gasteiger partial charge in [-0.05, 0) is 48.1 Å². The Morgan fingerprint density at radius 2 is 1.80 bits per heavy atom.